The Morgan fingerprint density at radius 3 is 1.76 bits per heavy atom. The topological polar surface area (TPSA) is 35.0 Å². The molecule has 0 aliphatic heterocycles. The minimum atomic E-state index is -0.116. The Kier molecular flexibility index (Phi) is 14.3. The van der Waals surface area contributed by atoms with Gasteiger partial charge in [-0.25, -0.2) is 0 Å². The van der Waals surface area contributed by atoms with E-state index in [1.807, 2.05) is 0 Å². The van der Waals surface area contributed by atoms with Crippen LogP contribution in [-0.4, -0.2) is 4.87 Å². The summed E-state index contributed by atoms with van der Waals surface area (Å²) in [6.07, 6.45) is 16.4. The van der Waals surface area contributed by atoms with E-state index in [0.717, 1.165) is 6.42 Å². The van der Waals surface area contributed by atoms with Crippen LogP contribution in [-0.2, 0) is 6.42 Å². The number of hydrogen-bond donors (Lipinski definition) is 1. The summed E-state index contributed by atoms with van der Waals surface area (Å²) in [6, 6.07) is 10.8. The average molecular weight is 368 g/mol. The van der Waals surface area contributed by atoms with Crippen LogP contribution in [0.1, 0.15) is 97.0 Å². The summed E-state index contributed by atoms with van der Waals surface area (Å²) in [5.41, 5.74) is 1.42. The standard InChI is InChI=1S/C23H39Cl.H3N/c1-4-5-6-7-8-9-10-11-12-16-19-22(23(2,3)24)20-21-17-14-13-15-18-21;/h13-15,17-18,22H,4-12,16,19-20H2,1-3H3;1H3. The second-order valence-electron chi connectivity index (χ2n) is 7.92. The van der Waals surface area contributed by atoms with Gasteiger partial charge in [-0.3, -0.25) is 0 Å². The van der Waals surface area contributed by atoms with Gasteiger partial charge in [-0.05, 0) is 38.2 Å². The molecule has 0 fully saturated rings. The van der Waals surface area contributed by atoms with Gasteiger partial charge in [0.05, 0.1) is 0 Å². The van der Waals surface area contributed by atoms with Crippen LogP contribution in [0.5, 0.6) is 0 Å². The van der Waals surface area contributed by atoms with Gasteiger partial charge < -0.3 is 6.15 Å². The Bertz CT molecular complexity index is 396. The molecule has 25 heavy (non-hydrogen) atoms. The van der Waals surface area contributed by atoms with E-state index in [4.69, 9.17) is 11.6 Å². The van der Waals surface area contributed by atoms with E-state index >= 15 is 0 Å². The predicted octanol–water partition coefficient (Wildman–Crippen LogP) is 8.34. The summed E-state index contributed by atoms with van der Waals surface area (Å²) >= 11 is 6.67. The van der Waals surface area contributed by atoms with Crippen LogP contribution in [0.15, 0.2) is 30.3 Å². The first-order chi connectivity index (χ1) is 11.5. The molecule has 0 radical (unpaired) electrons. The van der Waals surface area contributed by atoms with Crippen molar-refractivity contribution in [3.05, 3.63) is 35.9 Å². The summed E-state index contributed by atoms with van der Waals surface area (Å²) in [4.78, 5) is -0.116. The molecule has 1 nitrogen and oxygen atoms in total. The fourth-order valence-electron chi connectivity index (χ4n) is 3.46. The van der Waals surface area contributed by atoms with E-state index in [1.54, 1.807) is 0 Å². The van der Waals surface area contributed by atoms with Crippen molar-refractivity contribution in [1.29, 1.82) is 0 Å². The van der Waals surface area contributed by atoms with Gasteiger partial charge in [-0.15, -0.1) is 11.6 Å². The van der Waals surface area contributed by atoms with Crippen LogP contribution < -0.4 is 6.15 Å². The van der Waals surface area contributed by atoms with Crippen molar-refractivity contribution in [3.63, 3.8) is 0 Å². The second kappa shape index (κ2) is 14.6. The zero-order valence-electron chi connectivity index (χ0n) is 17.0. The Balaban J connectivity index is 0.00000576. The summed E-state index contributed by atoms with van der Waals surface area (Å²) in [5.74, 6) is 0.565. The number of alkyl halides is 1. The van der Waals surface area contributed by atoms with E-state index in [9.17, 15) is 0 Å². The summed E-state index contributed by atoms with van der Waals surface area (Å²) in [5, 5.41) is 0. The van der Waals surface area contributed by atoms with Gasteiger partial charge in [0.15, 0.2) is 0 Å². The lowest BCUT2D eigenvalue weighted by Crippen LogP contribution is -2.26. The van der Waals surface area contributed by atoms with E-state index in [0.29, 0.717) is 5.92 Å². The number of benzene rings is 1. The molecular formula is C23H42ClN. The van der Waals surface area contributed by atoms with Crippen molar-refractivity contribution in [2.75, 3.05) is 0 Å². The fraction of sp³-hybridized carbons (Fsp3) is 0.739. The molecule has 1 aromatic rings. The van der Waals surface area contributed by atoms with E-state index < -0.39 is 0 Å². The first-order valence-electron chi connectivity index (χ1n) is 10.3. The van der Waals surface area contributed by atoms with Gasteiger partial charge in [-0.1, -0.05) is 101 Å². The van der Waals surface area contributed by atoms with Crippen LogP contribution in [0.3, 0.4) is 0 Å². The summed E-state index contributed by atoms with van der Waals surface area (Å²) in [6.45, 7) is 6.64. The third-order valence-electron chi connectivity index (χ3n) is 5.20. The Hall–Kier alpha value is -0.530. The quantitative estimate of drug-likeness (QED) is 0.260. The molecule has 0 heterocycles. The van der Waals surface area contributed by atoms with Gasteiger partial charge in [0.25, 0.3) is 0 Å². The van der Waals surface area contributed by atoms with Gasteiger partial charge in [0.2, 0.25) is 0 Å². The molecule has 2 heteroatoms. The number of halogens is 1. The highest BCUT2D eigenvalue weighted by atomic mass is 35.5. The van der Waals surface area contributed by atoms with Crippen molar-refractivity contribution in [2.45, 2.75) is 103 Å². The SMILES string of the molecule is CCCCCCCCCCCCC(Cc1ccccc1)C(C)(C)Cl.N. The van der Waals surface area contributed by atoms with Crippen LogP contribution in [0, 0.1) is 5.92 Å². The first kappa shape index (κ1) is 24.5. The molecule has 0 aliphatic carbocycles. The number of hydrogen-bond acceptors (Lipinski definition) is 1. The Morgan fingerprint density at radius 2 is 1.28 bits per heavy atom. The fourth-order valence-corrected chi connectivity index (χ4v) is 3.65. The largest absolute Gasteiger partial charge is 0.344 e. The van der Waals surface area contributed by atoms with Crippen LogP contribution >= 0.6 is 11.6 Å². The van der Waals surface area contributed by atoms with E-state index in [2.05, 4.69) is 51.1 Å². The monoisotopic (exact) mass is 367 g/mol. The third kappa shape index (κ3) is 12.5. The molecule has 0 spiro atoms. The van der Waals surface area contributed by atoms with E-state index in [1.165, 1.54) is 76.2 Å². The smallest absolute Gasteiger partial charge is 0.0421 e. The highest BCUT2D eigenvalue weighted by Crippen LogP contribution is 2.32. The molecule has 0 amide bonds. The van der Waals surface area contributed by atoms with Gasteiger partial charge >= 0.3 is 0 Å². The predicted molar refractivity (Wildman–Crippen MR) is 115 cm³/mol. The maximum absolute atomic E-state index is 6.67. The normalized spacial score (nSPS) is 12.6. The lowest BCUT2D eigenvalue weighted by Gasteiger charge is -2.29. The first-order valence-corrected chi connectivity index (χ1v) is 10.6. The molecular weight excluding hydrogens is 326 g/mol. The minimum absolute atomic E-state index is 0. The van der Waals surface area contributed by atoms with Crippen molar-refractivity contribution < 1.29 is 0 Å². The lowest BCUT2D eigenvalue weighted by molar-refractivity contribution is 0.367. The zero-order chi connectivity index (χ0) is 17.7. The van der Waals surface area contributed by atoms with Crippen LogP contribution in [0.25, 0.3) is 0 Å². The van der Waals surface area contributed by atoms with Crippen LogP contribution in [0.4, 0.5) is 0 Å². The maximum Gasteiger partial charge on any atom is 0.0421 e. The molecule has 0 saturated heterocycles. The van der Waals surface area contributed by atoms with Crippen molar-refractivity contribution in [3.8, 4) is 0 Å². The molecule has 3 N–H and O–H groups in total. The molecule has 0 bridgehead atoms. The molecule has 0 saturated carbocycles. The molecule has 0 aromatic heterocycles. The second-order valence-corrected chi connectivity index (χ2v) is 8.90. The van der Waals surface area contributed by atoms with Crippen LogP contribution in [0.2, 0.25) is 0 Å². The maximum atomic E-state index is 6.67. The minimum Gasteiger partial charge on any atom is -0.344 e. The van der Waals surface area contributed by atoms with Gasteiger partial charge in [0.1, 0.15) is 0 Å². The lowest BCUT2D eigenvalue weighted by atomic mass is 9.84. The average Bonchev–Trinajstić information content (AvgIpc) is 2.55. The van der Waals surface area contributed by atoms with Crippen molar-refractivity contribution in [2.24, 2.45) is 5.92 Å². The third-order valence-corrected chi connectivity index (χ3v) is 5.51. The zero-order valence-corrected chi connectivity index (χ0v) is 17.8. The van der Waals surface area contributed by atoms with Gasteiger partial charge in [0, 0.05) is 4.87 Å². The molecule has 1 aromatic carbocycles. The summed E-state index contributed by atoms with van der Waals surface area (Å²) in [7, 11) is 0. The number of unbranched alkanes of at least 4 members (excludes halogenated alkanes) is 9. The molecule has 1 atom stereocenters. The molecule has 146 valence electrons. The molecule has 1 unspecified atom stereocenters. The summed E-state index contributed by atoms with van der Waals surface area (Å²) < 4.78 is 0. The highest BCUT2D eigenvalue weighted by molar-refractivity contribution is 6.23. The van der Waals surface area contributed by atoms with E-state index in [-0.39, 0.29) is 11.0 Å². The van der Waals surface area contributed by atoms with Crippen molar-refractivity contribution in [1.82, 2.24) is 6.15 Å². The number of rotatable bonds is 14. The Labute approximate surface area is 162 Å². The van der Waals surface area contributed by atoms with Crippen molar-refractivity contribution >= 4 is 11.6 Å². The molecule has 1 rings (SSSR count). The Morgan fingerprint density at radius 1 is 0.800 bits per heavy atom. The van der Waals surface area contributed by atoms with Gasteiger partial charge in [-0.2, -0.15) is 0 Å². The highest BCUT2D eigenvalue weighted by Gasteiger charge is 2.26. The molecule has 0 aliphatic rings.